The topological polar surface area (TPSA) is 57.6 Å². The Labute approximate surface area is 66.7 Å². The van der Waals surface area contributed by atoms with E-state index in [4.69, 9.17) is 4.89 Å². The SMILES string of the molecule is CC(=O)C(C)N(C)P(C)(=O)O. The van der Waals surface area contributed by atoms with Crippen molar-refractivity contribution in [1.29, 1.82) is 0 Å². The molecule has 66 valence electrons. The van der Waals surface area contributed by atoms with Crippen LogP contribution < -0.4 is 0 Å². The highest BCUT2D eigenvalue weighted by atomic mass is 31.2. The minimum atomic E-state index is -3.25. The lowest BCUT2D eigenvalue weighted by atomic mass is 10.2. The predicted molar refractivity (Wildman–Crippen MR) is 43.7 cm³/mol. The summed E-state index contributed by atoms with van der Waals surface area (Å²) in [6.45, 7) is 4.22. The summed E-state index contributed by atoms with van der Waals surface area (Å²) in [5.41, 5.74) is 0. The summed E-state index contributed by atoms with van der Waals surface area (Å²) in [6.07, 6.45) is 0. The molecule has 0 bridgehead atoms. The number of rotatable bonds is 3. The zero-order chi connectivity index (χ0) is 9.23. The van der Waals surface area contributed by atoms with Crippen molar-refractivity contribution in [3.63, 3.8) is 0 Å². The minimum Gasteiger partial charge on any atom is -0.333 e. The van der Waals surface area contributed by atoms with Gasteiger partial charge >= 0.3 is 0 Å². The summed E-state index contributed by atoms with van der Waals surface area (Å²) in [5, 5.41) is 0. The second kappa shape index (κ2) is 3.48. The number of ketones is 1. The zero-order valence-corrected chi connectivity index (χ0v) is 8.13. The zero-order valence-electron chi connectivity index (χ0n) is 7.24. The molecule has 0 rings (SSSR count). The molecule has 0 fully saturated rings. The number of nitrogens with zero attached hydrogens (tertiary/aromatic N) is 1. The maximum atomic E-state index is 11.0. The van der Waals surface area contributed by atoms with Crippen molar-refractivity contribution in [2.45, 2.75) is 19.9 Å². The summed E-state index contributed by atoms with van der Waals surface area (Å²) in [6, 6.07) is -0.490. The van der Waals surface area contributed by atoms with Crippen LogP contribution >= 0.6 is 7.52 Å². The number of likely N-dealkylation sites (N-methyl/N-ethyl adjacent to an activating group) is 1. The molecular formula is C6H14NO3P. The molecule has 0 heterocycles. The lowest BCUT2D eigenvalue weighted by Crippen LogP contribution is -2.31. The van der Waals surface area contributed by atoms with Crippen LogP contribution in [0.2, 0.25) is 0 Å². The molecule has 2 unspecified atom stereocenters. The first-order valence-corrected chi connectivity index (χ1v) is 5.36. The van der Waals surface area contributed by atoms with Gasteiger partial charge in [0.05, 0.1) is 6.04 Å². The van der Waals surface area contributed by atoms with Gasteiger partial charge in [-0.15, -0.1) is 0 Å². The Hall–Kier alpha value is -0.180. The molecule has 4 nitrogen and oxygen atoms in total. The molecule has 0 aromatic rings. The number of hydrogen-bond acceptors (Lipinski definition) is 2. The van der Waals surface area contributed by atoms with Crippen LogP contribution in [0.15, 0.2) is 0 Å². The lowest BCUT2D eigenvalue weighted by molar-refractivity contribution is -0.120. The van der Waals surface area contributed by atoms with Gasteiger partial charge in [-0.05, 0) is 20.9 Å². The maximum absolute atomic E-state index is 11.0. The van der Waals surface area contributed by atoms with Crippen LogP contribution in [0.25, 0.3) is 0 Å². The smallest absolute Gasteiger partial charge is 0.267 e. The number of hydrogen-bond donors (Lipinski definition) is 1. The highest BCUT2D eigenvalue weighted by Crippen LogP contribution is 2.40. The molecule has 0 aliphatic rings. The molecule has 1 N–H and O–H groups in total. The van der Waals surface area contributed by atoms with Crippen molar-refractivity contribution in [2.75, 3.05) is 13.7 Å². The molecule has 5 heteroatoms. The Balaban J connectivity index is 4.38. The van der Waals surface area contributed by atoms with Gasteiger partial charge in [-0.2, -0.15) is 0 Å². The van der Waals surface area contributed by atoms with E-state index in [1.54, 1.807) is 6.92 Å². The van der Waals surface area contributed by atoms with Crippen LogP contribution in [-0.4, -0.2) is 35.1 Å². The fourth-order valence-electron chi connectivity index (χ4n) is 0.584. The lowest BCUT2D eigenvalue weighted by Gasteiger charge is -2.24. The molecule has 0 radical (unpaired) electrons. The molecule has 0 aromatic carbocycles. The van der Waals surface area contributed by atoms with Crippen LogP contribution in [0.4, 0.5) is 0 Å². The highest BCUT2D eigenvalue weighted by molar-refractivity contribution is 7.54. The molecule has 11 heavy (non-hydrogen) atoms. The minimum absolute atomic E-state index is 0.108. The summed E-state index contributed by atoms with van der Waals surface area (Å²) in [4.78, 5) is 19.8. The van der Waals surface area contributed by atoms with E-state index in [9.17, 15) is 9.36 Å². The van der Waals surface area contributed by atoms with Crippen molar-refractivity contribution in [1.82, 2.24) is 4.67 Å². The molecule has 0 saturated carbocycles. The molecule has 0 amide bonds. The van der Waals surface area contributed by atoms with Gasteiger partial charge in [0, 0.05) is 6.66 Å². The van der Waals surface area contributed by atoms with E-state index >= 15 is 0 Å². The second-order valence-corrected chi connectivity index (χ2v) is 5.00. The van der Waals surface area contributed by atoms with E-state index in [-0.39, 0.29) is 5.78 Å². The number of carbonyl (C=O) groups is 1. The standard InChI is InChI=1S/C6H14NO3P/c1-5(6(2)8)7(3)11(4,9)10/h5H,1-4H3,(H,9,10). The van der Waals surface area contributed by atoms with Crippen molar-refractivity contribution in [3.8, 4) is 0 Å². The maximum Gasteiger partial charge on any atom is 0.267 e. The van der Waals surface area contributed by atoms with E-state index in [0.717, 1.165) is 0 Å². The van der Waals surface area contributed by atoms with Crippen LogP contribution in [0.5, 0.6) is 0 Å². The predicted octanol–water partition coefficient (Wildman–Crippen LogP) is 0.711. The summed E-state index contributed by atoms with van der Waals surface area (Å²) in [7, 11) is -1.79. The fourth-order valence-corrected chi connectivity index (χ4v) is 1.39. The van der Waals surface area contributed by atoms with E-state index in [1.807, 2.05) is 0 Å². The molecule has 0 aromatic heterocycles. The number of carbonyl (C=O) groups excluding carboxylic acids is 1. The fraction of sp³-hybridized carbons (Fsp3) is 0.833. The largest absolute Gasteiger partial charge is 0.333 e. The molecule has 0 aliphatic heterocycles. The molecule has 2 atom stereocenters. The van der Waals surface area contributed by atoms with Crippen molar-refractivity contribution < 1.29 is 14.3 Å². The Morgan fingerprint density at radius 2 is 2.00 bits per heavy atom. The Morgan fingerprint density at radius 1 is 1.64 bits per heavy atom. The summed E-state index contributed by atoms with van der Waals surface area (Å²) >= 11 is 0. The van der Waals surface area contributed by atoms with Gasteiger partial charge in [-0.3, -0.25) is 9.36 Å². The second-order valence-electron chi connectivity index (χ2n) is 2.70. The van der Waals surface area contributed by atoms with Crippen molar-refractivity contribution >= 4 is 13.3 Å². The van der Waals surface area contributed by atoms with Gasteiger partial charge < -0.3 is 4.89 Å². The first-order valence-electron chi connectivity index (χ1n) is 3.31. The summed E-state index contributed by atoms with van der Waals surface area (Å²) in [5.74, 6) is -0.108. The van der Waals surface area contributed by atoms with Crippen molar-refractivity contribution in [2.24, 2.45) is 0 Å². The van der Waals surface area contributed by atoms with E-state index in [2.05, 4.69) is 0 Å². The normalized spacial score (nSPS) is 19.5. The van der Waals surface area contributed by atoms with Crippen LogP contribution in [0, 0.1) is 0 Å². The Morgan fingerprint density at radius 3 is 2.09 bits per heavy atom. The van der Waals surface area contributed by atoms with Gasteiger partial charge in [-0.1, -0.05) is 0 Å². The summed E-state index contributed by atoms with van der Waals surface area (Å²) < 4.78 is 12.2. The van der Waals surface area contributed by atoms with Crippen LogP contribution in [0.1, 0.15) is 13.8 Å². The Kier molecular flexibility index (Phi) is 3.42. The van der Waals surface area contributed by atoms with Gasteiger partial charge in [0.15, 0.2) is 0 Å². The molecular weight excluding hydrogens is 165 g/mol. The first-order chi connectivity index (χ1) is 4.76. The average Bonchev–Trinajstić information content (AvgIpc) is 1.82. The third-order valence-corrected chi connectivity index (χ3v) is 3.25. The van der Waals surface area contributed by atoms with Gasteiger partial charge in [-0.25, -0.2) is 4.67 Å². The van der Waals surface area contributed by atoms with Crippen LogP contribution in [-0.2, 0) is 9.36 Å². The molecule has 0 saturated heterocycles. The number of Topliss-reactive ketones (excluding diaryl/α,β-unsaturated/α-hetero) is 1. The van der Waals surface area contributed by atoms with Gasteiger partial charge in [0.1, 0.15) is 5.78 Å². The van der Waals surface area contributed by atoms with Gasteiger partial charge in [0.25, 0.3) is 7.52 Å². The molecule has 0 spiro atoms. The van der Waals surface area contributed by atoms with E-state index < -0.39 is 13.6 Å². The average molecular weight is 179 g/mol. The van der Waals surface area contributed by atoms with Crippen LogP contribution in [0.3, 0.4) is 0 Å². The molecule has 0 aliphatic carbocycles. The third kappa shape index (κ3) is 3.14. The Bertz CT molecular complexity index is 198. The third-order valence-electron chi connectivity index (χ3n) is 1.73. The monoisotopic (exact) mass is 179 g/mol. The quantitative estimate of drug-likeness (QED) is 0.648. The van der Waals surface area contributed by atoms with E-state index in [1.165, 1.54) is 25.3 Å². The van der Waals surface area contributed by atoms with E-state index in [0.29, 0.717) is 0 Å². The highest BCUT2D eigenvalue weighted by Gasteiger charge is 2.25. The van der Waals surface area contributed by atoms with Gasteiger partial charge in [0.2, 0.25) is 0 Å². The first kappa shape index (κ1) is 10.8. The van der Waals surface area contributed by atoms with Crippen molar-refractivity contribution in [3.05, 3.63) is 0 Å².